The van der Waals surface area contributed by atoms with Crippen LogP contribution in [0, 0.1) is 13.8 Å². The highest BCUT2D eigenvalue weighted by Gasteiger charge is 2.20. The molecule has 0 atom stereocenters. The third-order valence-corrected chi connectivity index (χ3v) is 6.34. The van der Waals surface area contributed by atoms with E-state index in [0.29, 0.717) is 0 Å². The predicted octanol–water partition coefficient (Wildman–Crippen LogP) is 5.21. The van der Waals surface area contributed by atoms with E-state index in [1.165, 1.54) is 21.9 Å². The monoisotopic (exact) mass is 311 g/mol. The zero-order valence-electron chi connectivity index (χ0n) is 15.3. The van der Waals surface area contributed by atoms with Crippen LogP contribution in [-0.2, 0) is 5.41 Å². The third kappa shape index (κ3) is 3.49. The van der Waals surface area contributed by atoms with Gasteiger partial charge in [0.25, 0.3) is 0 Å². The third-order valence-electron chi connectivity index (χ3n) is 4.27. The van der Waals surface area contributed by atoms with Crippen molar-refractivity contribution in [3.8, 4) is 11.1 Å². The van der Waals surface area contributed by atoms with Crippen molar-refractivity contribution in [3.63, 3.8) is 0 Å². The summed E-state index contributed by atoms with van der Waals surface area (Å²) in [5, 5.41) is 1.50. The van der Waals surface area contributed by atoms with Crippen molar-refractivity contribution in [2.75, 3.05) is 0 Å². The first-order chi connectivity index (χ1) is 10.00. The Morgan fingerprint density at radius 2 is 1.41 bits per heavy atom. The van der Waals surface area contributed by atoms with Gasteiger partial charge in [-0.2, -0.15) is 0 Å². The zero-order valence-corrected chi connectivity index (χ0v) is 16.3. The lowest BCUT2D eigenvalue weighted by molar-refractivity contribution is 0.582. The van der Waals surface area contributed by atoms with Gasteiger partial charge >= 0.3 is 0 Å². The summed E-state index contributed by atoms with van der Waals surface area (Å²) in [5.41, 5.74) is 6.26. The maximum atomic E-state index is 4.80. The van der Waals surface area contributed by atoms with E-state index < -0.39 is 8.07 Å². The Balaban J connectivity index is 2.53. The van der Waals surface area contributed by atoms with Crippen molar-refractivity contribution < 1.29 is 0 Å². The minimum Gasteiger partial charge on any atom is -0.258 e. The molecule has 0 saturated carbocycles. The summed E-state index contributed by atoms with van der Waals surface area (Å²) in [6.07, 6.45) is 0. The van der Waals surface area contributed by atoms with E-state index in [9.17, 15) is 0 Å². The van der Waals surface area contributed by atoms with Gasteiger partial charge in [-0.1, -0.05) is 69.9 Å². The van der Waals surface area contributed by atoms with Crippen molar-refractivity contribution in [2.24, 2.45) is 0 Å². The molecule has 0 radical (unpaired) electrons. The van der Waals surface area contributed by atoms with Crippen LogP contribution in [0.15, 0.2) is 30.3 Å². The lowest BCUT2D eigenvalue weighted by atomic mass is 9.84. The number of pyridine rings is 1. The fraction of sp³-hybridized carbons (Fsp3) is 0.450. The SMILES string of the molecule is Cc1nc(C)c(C(C)(C)C)cc1-c1ccc([Si](C)(C)C)cc1. The van der Waals surface area contributed by atoms with E-state index in [2.05, 4.69) is 84.6 Å². The van der Waals surface area contributed by atoms with Crippen LogP contribution in [0.25, 0.3) is 11.1 Å². The van der Waals surface area contributed by atoms with Crippen LogP contribution >= 0.6 is 0 Å². The van der Waals surface area contributed by atoms with E-state index in [1.54, 1.807) is 0 Å². The molecule has 2 rings (SSSR count). The van der Waals surface area contributed by atoms with Gasteiger partial charge in [-0.25, -0.2) is 0 Å². The fourth-order valence-corrected chi connectivity index (χ4v) is 4.09. The Hall–Kier alpha value is -1.41. The summed E-state index contributed by atoms with van der Waals surface area (Å²) in [5.74, 6) is 0. The van der Waals surface area contributed by atoms with Gasteiger partial charge in [-0.3, -0.25) is 4.98 Å². The fourth-order valence-electron chi connectivity index (χ4n) is 2.93. The molecule has 2 heteroatoms. The second-order valence-corrected chi connectivity index (χ2v) is 13.4. The van der Waals surface area contributed by atoms with Gasteiger partial charge in [0.2, 0.25) is 0 Å². The predicted molar refractivity (Wildman–Crippen MR) is 101 cm³/mol. The molecular formula is C20H29NSi. The molecule has 0 bridgehead atoms. The molecule has 0 spiro atoms. The normalized spacial score (nSPS) is 12.5. The summed E-state index contributed by atoms with van der Waals surface area (Å²) in [6, 6.07) is 11.5. The quantitative estimate of drug-likeness (QED) is 0.694. The van der Waals surface area contributed by atoms with Gasteiger partial charge in [0, 0.05) is 17.0 Å². The summed E-state index contributed by atoms with van der Waals surface area (Å²) < 4.78 is 0. The summed E-state index contributed by atoms with van der Waals surface area (Å²) in [4.78, 5) is 4.80. The van der Waals surface area contributed by atoms with E-state index in [1.807, 2.05) is 0 Å². The van der Waals surface area contributed by atoms with Crippen LogP contribution < -0.4 is 5.19 Å². The van der Waals surface area contributed by atoms with Gasteiger partial charge < -0.3 is 0 Å². The molecule has 0 saturated heterocycles. The highest BCUT2D eigenvalue weighted by molar-refractivity contribution is 6.88. The number of benzene rings is 1. The minimum atomic E-state index is -1.24. The van der Waals surface area contributed by atoms with E-state index in [-0.39, 0.29) is 5.41 Å². The average molecular weight is 312 g/mol. The Bertz CT molecular complexity index is 671. The molecule has 1 aromatic heterocycles. The van der Waals surface area contributed by atoms with Crippen LogP contribution in [0.3, 0.4) is 0 Å². The van der Waals surface area contributed by atoms with Gasteiger partial charge in [0.1, 0.15) is 0 Å². The minimum absolute atomic E-state index is 0.123. The first-order valence-electron chi connectivity index (χ1n) is 8.10. The molecule has 0 unspecified atom stereocenters. The van der Waals surface area contributed by atoms with Crippen LogP contribution in [0.5, 0.6) is 0 Å². The van der Waals surface area contributed by atoms with Gasteiger partial charge in [-0.15, -0.1) is 0 Å². The van der Waals surface area contributed by atoms with Crippen molar-refractivity contribution in [1.82, 2.24) is 4.98 Å². The molecule has 0 N–H and O–H groups in total. The van der Waals surface area contributed by atoms with Crippen molar-refractivity contribution >= 4 is 13.3 Å². The molecule has 1 heterocycles. The topological polar surface area (TPSA) is 12.9 Å². The Labute approximate surface area is 136 Å². The standard InChI is InChI=1S/C20H29NSi/c1-14-18(13-19(15(2)21-14)20(3,4)5)16-9-11-17(12-10-16)22(6,7)8/h9-13H,1-8H3. The Morgan fingerprint density at radius 1 is 0.864 bits per heavy atom. The summed E-state index contributed by atoms with van der Waals surface area (Å²) in [6.45, 7) is 18.2. The zero-order chi connectivity index (χ0) is 16.7. The van der Waals surface area contributed by atoms with E-state index in [4.69, 9.17) is 4.98 Å². The molecule has 0 amide bonds. The number of aryl methyl sites for hydroxylation is 2. The molecule has 22 heavy (non-hydrogen) atoms. The number of nitrogens with zero attached hydrogens (tertiary/aromatic N) is 1. The number of hydrogen-bond donors (Lipinski definition) is 0. The van der Waals surface area contributed by atoms with Gasteiger partial charge in [-0.05, 0) is 36.5 Å². The highest BCUT2D eigenvalue weighted by Crippen LogP contribution is 2.31. The van der Waals surface area contributed by atoms with E-state index >= 15 is 0 Å². The smallest absolute Gasteiger partial charge is 0.0775 e. The maximum absolute atomic E-state index is 4.80. The Morgan fingerprint density at radius 3 is 1.86 bits per heavy atom. The first-order valence-corrected chi connectivity index (χ1v) is 11.6. The number of hydrogen-bond acceptors (Lipinski definition) is 1. The number of aromatic nitrogens is 1. The van der Waals surface area contributed by atoms with Crippen molar-refractivity contribution in [3.05, 3.63) is 47.3 Å². The molecular weight excluding hydrogens is 282 g/mol. The molecule has 0 fully saturated rings. The lowest BCUT2D eigenvalue weighted by Crippen LogP contribution is -2.37. The van der Waals surface area contributed by atoms with Gasteiger partial charge in [0.05, 0.1) is 8.07 Å². The molecule has 118 valence electrons. The Kier molecular flexibility index (Phi) is 4.36. The summed E-state index contributed by atoms with van der Waals surface area (Å²) in [7, 11) is -1.24. The molecule has 2 aromatic rings. The average Bonchev–Trinajstić information content (AvgIpc) is 2.36. The van der Waals surface area contributed by atoms with Crippen molar-refractivity contribution in [1.29, 1.82) is 0 Å². The first kappa shape index (κ1) is 16.9. The molecule has 0 aliphatic rings. The molecule has 1 aromatic carbocycles. The molecule has 1 nitrogen and oxygen atoms in total. The second kappa shape index (κ2) is 5.66. The lowest BCUT2D eigenvalue weighted by Gasteiger charge is -2.23. The summed E-state index contributed by atoms with van der Waals surface area (Å²) >= 11 is 0. The van der Waals surface area contributed by atoms with Crippen molar-refractivity contribution in [2.45, 2.75) is 59.7 Å². The number of rotatable bonds is 2. The van der Waals surface area contributed by atoms with Crippen LogP contribution in [0.2, 0.25) is 19.6 Å². The molecule has 0 aliphatic heterocycles. The second-order valence-electron chi connectivity index (χ2n) is 8.33. The van der Waals surface area contributed by atoms with Crippen LogP contribution in [0.4, 0.5) is 0 Å². The van der Waals surface area contributed by atoms with Gasteiger partial charge in [0.15, 0.2) is 0 Å². The maximum Gasteiger partial charge on any atom is 0.0775 e. The highest BCUT2D eigenvalue weighted by atomic mass is 28.3. The molecule has 0 aliphatic carbocycles. The van der Waals surface area contributed by atoms with Crippen LogP contribution in [0.1, 0.15) is 37.7 Å². The van der Waals surface area contributed by atoms with E-state index in [0.717, 1.165) is 11.4 Å². The van der Waals surface area contributed by atoms with Crippen LogP contribution in [-0.4, -0.2) is 13.1 Å². The largest absolute Gasteiger partial charge is 0.258 e.